The molecular formula is C11H13NO7. The zero-order valence-corrected chi connectivity index (χ0v) is 9.76. The first-order valence-corrected chi connectivity index (χ1v) is 5.37. The highest BCUT2D eigenvalue weighted by molar-refractivity contribution is 5.92. The minimum atomic E-state index is -1.50. The van der Waals surface area contributed by atoms with E-state index in [1.807, 2.05) is 0 Å². The Morgan fingerprint density at radius 2 is 2.00 bits per heavy atom. The molecule has 0 bridgehead atoms. The van der Waals surface area contributed by atoms with Crippen LogP contribution in [-0.4, -0.2) is 44.0 Å². The third-order valence-electron chi connectivity index (χ3n) is 2.58. The summed E-state index contributed by atoms with van der Waals surface area (Å²) in [5.41, 5.74) is -1.14. The lowest BCUT2D eigenvalue weighted by molar-refractivity contribution is -0.385. The number of hydrogen-bond acceptors (Lipinski definition) is 6. The number of nitro groups is 1. The molecule has 2 unspecified atom stereocenters. The van der Waals surface area contributed by atoms with Crippen molar-refractivity contribution in [2.24, 2.45) is 0 Å². The van der Waals surface area contributed by atoms with Gasteiger partial charge in [0, 0.05) is 12.7 Å². The highest BCUT2D eigenvalue weighted by Crippen LogP contribution is 2.25. The van der Waals surface area contributed by atoms with Gasteiger partial charge in [0.25, 0.3) is 5.69 Å². The van der Waals surface area contributed by atoms with E-state index in [-0.39, 0.29) is 18.6 Å². The third-order valence-corrected chi connectivity index (χ3v) is 2.58. The minimum Gasteiger partial charge on any atom is -0.477 e. The number of aliphatic hydroxyl groups excluding tert-OH is 3. The van der Waals surface area contributed by atoms with E-state index in [4.69, 9.17) is 10.2 Å². The molecule has 0 spiro atoms. The lowest BCUT2D eigenvalue weighted by atomic mass is 9.99. The first kappa shape index (κ1) is 15.0. The van der Waals surface area contributed by atoms with Crippen molar-refractivity contribution in [3.8, 4) is 0 Å². The molecule has 0 fully saturated rings. The molecule has 1 aromatic carbocycles. The maximum Gasteiger partial charge on any atom is 0.342 e. The van der Waals surface area contributed by atoms with Crippen LogP contribution in [0, 0.1) is 10.1 Å². The Hall–Kier alpha value is -2.03. The van der Waals surface area contributed by atoms with Crippen LogP contribution in [0.1, 0.15) is 28.4 Å². The molecular weight excluding hydrogens is 258 g/mol. The second-order valence-corrected chi connectivity index (χ2v) is 3.86. The van der Waals surface area contributed by atoms with Crippen LogP contribution >= 0.6 is 0 Å². The van der Waals surface area contributed by atoms with Gasteiger partial charge in [-0.2, -0.15) is 0 Å². The first-order valence-electron chi connectivity index (χ1n) is 5.37. The molecule has 0 aromatic heterocycles. The predicted molar refractivity (Wildman–Crippen MR) is 62.7 cm³/mol. The summed E-state index contributed by atoms with van der Waals surface area (Å²) in [6, 6.07) is 3.05. The Kier molecular flexibility index (Phi) is 4.93. The summed E-state index contributed by atoms with van der Waals surface area (Å²) in [5, 5.41) is 47.4. The van der Waals surface area contributed by atoms with Crippen LogP contribution in [0.25, 0.3) is 0 Å². The fourth-order valence-corrected chi connectivity index (χ4v) is 1.58. The molecule has 0 heterocycles. The van der Waals surface area contributed by atoms with Gasteiger partial charge in [-0.05, 0) is 24.1 Å². The maximum atomic E-state index is 10.9. The molecule has 8 nitrogen and oxygen atoms in total. The average molecular weight is 271 g/mol. The van der Waals surface area contributed by atoms with Gasteiger partial charge < -0.3 is 20.4 Å². The van der Waals surface area contributed by atoms with Crippen molar-refractivity contribution in [3.05, 3.63) is 39.4 Å². The molecule has 0 aliphatic heterocycles. The summed E-state index contributed by atoms with van der Waals surface area (Å²) in [5.74, 6) is -1.50. The molecule has 104 valence electrons. The highest BCUT2D eigenvalue weighted by atomic mass is 16.6. The number of nitro benzene ring substituents is 1. The van der Waals surface area contributed by atoms with Gasteiger partial charge in [-0.25, -0.2) is 4.79 Å². The molecule has 4 N–H and O–H groups in total. The number of aliphatic hydroxyl groups is 3. The molecule has 0 amide bonds. The van der Waals surface area contributed by atoms with Gasteiger partial charge in [-0.15, -0.1) is 0 Å². The van der Waals surface area contributed by atoms with Gasteiger partial charge in [0.15, 0.2) is 0 Å². The Morgan fingerprint density at radius 3 is 2.47 bits per heavy atom. The number of rotatable bonds is 6. The van der Waals surface area contributed by atoms with Crippen molar-refractivity contribution in [3.63, 3.8) is 0 Å². The summed E-state index contributed by atoms with van der Waals surface area (Å²) in [4.78, 5) is 20.7. The summed E-state index contributed by atoms with van der Waals surface area (Å²) < 4.78 is 0. The molecule has 0 saturated carbocycles. The number of benzene rings is 1. The van der Waals surface area contributed by atoms with Crippen molar-refractivity contribution in [2.75, 3.05) is 6.61 Å². The number of hydrogen-bond donors (Lipinski definition) is 4. The Labute approximate surface area is 107 Å². The zero-order chi connectivity index (χ0) is 14.6. The summed E-state index contributed by atoms with van der Waals surface area (Å²) in [6.45, 7) is -0.350. The molecule has 0 aliphatic carbocycles. The standard InChI is InChI=1S/C11H13NO7/c13-4-3-9(14)10(15)6-1-2-8(12(18)19)7(5-6)11(16)17/h1-2,5,9-10,13-15H,3-4H2,(H,16,17). The van der Waals surface area contributed by atoms with Crippen molar-refractivity contribution >= 4 is 11.7 Å². The van der Waals surface area contributed by atoms with Crippen LogP contribution in [0.2, 0.25) is 0 Å². The van der Waals surface area contributed by atoms with Crippen LogP contribution in [0.15, 0.2) is 18.2 Å². The highest BCUT2D eigenvalue weighted by Gasteiger charge is 2.24. The van der Waals surface area contributed by atoms with E-state index < -0.39 is 34.4 Å². The SMILES string of the molecule is O=C(O)c1cc(C(O)C(O)CCO)ccc1[N+](=O)[O-]. The fourth-order valence-electron chi connectivity index (χ4n) is 1.58. The largest absolute Gasteiger partial charge is 0.477 e. The van der Waals surface area contributed by atoms with E-state index in [9.17, 15) is 25.1 Å². The Bertz CT molecular complexity index is 488. The molecule has 19 heavy (non-hydrogen) atoms. The predicted octanol–water partition coefficient (Wildman–Crippen LogP) is 0.0697. The quantitative estimate of drug-likeness (QED) is 0.423. The van der Waals surface area contributed by atoms with Crippen molar-refractivity contribution in [1.29, 1.82) is 0 Å². The van der Waals surface area contributed by atoms with E-state index in [1.165, 1.54) is 0 Å². The van der Waals surface area contributed by atoms with Crippen molar-refractivity contribution < 1.29 is 30.1 Å². The van der Waals surface area contributed by atoms with Gasteiger partial charge in [0.05, 0.1) is 11.0 Å². The Morgan fingerprint density at radius 1 is 1.37 bits per heavy atom. The van der Waals surface area contributed by atoms with Crippen LogP contribution in [-0.2, 0) is 0 Å². The number of carbonyl (C=O) groups is 1. The number of nitrogens with zero attached hydrogens (tertiary/aromatic N) is 1. The molecule has 0 aliphatic rings. The van der Waals surface area contributed by atoms with Crippen LogP contribution < -0.4 is 0 Å². The van der Waals surface area contributed by atoms with Gasteiger partial charge in [-0.3, -0.25) is 10.1 Å². The van der Waals surface area contributed by atoms with Gasteiger partial charge in [0.1, 0.15) is 11.7 Å². The number of carboxylic acids is 1. The van der Waals surface area contributed by atoms with Gasteiger partial charge in [0.2, 0.25) is 0 Å². The van der Waals surface area contributed by atoms with E-state index in [0.29, 0.717) is 0 Å². The molecule has 2 atom stereocenters. The van der Waals surface area contributed by atoms with Crippen LogP contribution in [0.4, 0.5) is 5.69 Å². The van der Waals surface area contributed by atoms with Gasteiger partial charge >= 0.3 is 5.97 Å². The average Bonchev–Trinajstić information content (AvgIpc) is 2.37. The third kappa shape index (κ3) is 3.47. The second-order valence-electron chi connectivity index (χ2n) is 3.86. The van der Waals surface area contributed by atoms with Crippen molar-refractivity contribution in [1.82, 2.24) is 0 Å². The van der Waals surface area contributed by atoms with Crippen LogP contribution in [0.5, 0.6) is 0 Å². The molecule has 1 rings (SSSR count). The minimum absolute atomic E-state index is 0.0314. The smallest absolute Gasteiger partial charge is 0.342 e. The number of carboxylic acid groups (broad SMARTS) is 1. The summed E-state index contributed by atoms with van der Waals surface area (Å²) in [7, 11) is 0. The Balaban J connectivity index is 3.15. The second kappa shape index (κ2) is 6.23. The molecule has 8 heteroatoms. The normalized spacial score (nSPS) is 13.8. The van der Waals surface area contributed by atoms with Crippen LogP contribution in [0.3, 0.4) is 0 Å². The lowest BCUT2D eigenvalue weighted by Gasteiger charge is -2.17. The van der Waals surface area contributed by atoms with Gasteiger partial charge in [-0.1, -0.05) is 0 Å². The van der Waals surface area contributed by atoms with Crippen molar-refractivity contribution in [2.45, 2.75) is 18.6 Å². The summed E-state index contributed by atoms with van der Waals surface area (Å²) >= 11 is 0. The van der Waals surface area contributed by atoms with E-state index in [0.717, 1.165) is 18.2 Å². The summed E-state index contributed by atoms with van der Waals surface area (Å²) in [6.07, 6.45) is -2.81. The van der Waals surface area contributed by atoms with E-state index >= 15 is 0 Å². The molecule has 0 radical (unpaired) electrons. The first-order chi connectivity index (χ1) is 8.88. The van der Waals surface area contributed by atoms with E-state index in [2.05, 4.69) is 0 Å². The maximum absolute atomic E-state index is 10.9. The molecule has 0 saturated heterocycles. The number of aromatic carboxylic acids is 1. The monoisotopic (exact) mass is 271 g/mol. The fraction of sp³-hybridized carbons (Fsp3) is 0.364. The van der Waals surface area contributed by atoms with E-state index in [1.54, 1.807) is 0 Å². The molecule has 1 aromatic rings. The zero-order valence-electron chi connectivity index (χ0n) is 9.76. The topological polar surface area (TPSA) is 141 Å². The lowest BCUT2D eigenvalue weighted by Crippen LogP contribution is -2.20.